The third kappa shape index (κ3) is 2.75. The molecular formula is C11H15N3O4. The average Bonchev–Trinajstić information content (AvgIpc) is 2.35. The van der Waals surface area contributed by atoms with Gasteiger partial charge in [0.05, 0.1) is 17.6 Å². The van der Waals surface area contributed by atoms with Crippen molar-refractivity contribution in [1.29, 1.82) is 0 Å². The molecule has 0 saturated heterocycles. The zero-order valence-corrected chi connectivity index (χ0v) is 10.7. The molecule has 0 aromatic heterocycles. The summed E-state index contributed by atoms with van der Waals surface area (Å²) in [6, 6.07) is 4.14. The van der Waals surface area contributed by atoms with Gasteiger partial charge in [-0.05, 0) is 6.07 Å². The van der Waals surface area contributed by atoms with Gasteiger partial charge in [0.1, 0.15) is 0 Å². The van der Waals surface area contributed by atoms with Crippen molar-refractivity contribution < 1.29 is 14.6 Å². The molecule has 1 rings (SSSR count). The number of nitro benzene ring substituents is 1. The van der Waals surface area contributed by atoms with E-state index in [1.165, 1.54) is 32.4 Å². The van der Waals surface area contributed by atoms with Gasteiger partial charge in [0.15, 0.2) is 0 Å². The van der Waals surface area contributed by atoms with E-state index in [0.717, 1.165) is 5.06 Å². The van der Waals surface area contributed by atoms with E-state index in [1.54, 1.807) is 19.0 Å². The second kappa shape index (κ2) is 5.46. The van der Waals surface area contributed by atoms with E-state index in [2.05, 4.69) is 0 Å². The molecule has 0 heterocycles. The highest BCUT2D eigenvalue weighted by Crippen LogP contribution is 2.25. The fourth-order valence-corrected chi connectivity index (χ4v) is 1.45. The van der Waals surface area contributed by atoms with Crippen LogP contribution in [-0.2, 0) is 4.84 Å². The molecule has 0 radical (unpaired) electrons. The van der Waals surface area contributed by atoms with E-state index in [0.29, 0.717) is 5.69 Å². The maximum atomic E-state index is 12.0. The number of carbonyl (C=O) groups excluding carboxylic acids is 1. The van der Waals surface area contributed by atoms with Crippen LogP contribution < -0.4 is 4.90 Å². The summed E-state index contributed by atoms with van der Waals surface area (Å²) in [4.78, 5) is 28.7. The molecule has 1 aromatic rings. The minimum absolute atomic E-state index is 0.131. The van der Waals surface area contributed by atoms with Crippen molar-refractivity contribution in [1.82, 2.24) is 5.06 Å². The lowest BCUT2D eigenvalue weighted by Gasteiger charge is -2.20. The lowest BCUT2D eigenvalue weighted by molar-refractivity contribution is -0.384. The molecule has 1 aromatic carbocycles. The van der Waals surface area contributed by atoms with Crippen LogP contribution in [0.15, 0.2) is 18.2 Å². The fraction of sp³-hybridized carbons (Fsp3) is 0.364. The summed E-state index contributed by atoms with van der Waals surface area (Å²) in [6.45, 7) is 0. The molecule has 0 fully saturated rings. The van der Waals surface area contributed by atoms with E-state index in [-0.39, 0.29) is 11.3 Å². The van der Waals surface area contributed by atoms with Crippen LogP contribution in [0.2, 0.25) is 0 Å². The van der Waals surface area contributed by atoms with Crippen molar-refractivity contribution in [2.45, 2.75) is 0 Å². The van der Waals surface area contributed by atoms with E-state index < -0.39 is 10.8 Å². The maximum Gasteiger partial charge on any atom is 0.279 e. The number of hydrogen-bond acceptors (Lipinski definition) is 5. The number of non-ortho nitro benzene ring substituents is 1. The molecular weight excluding hydrogens is 238 g/mol. The van der Waals surface area contributed by atoms with Crippen molar-refractivity contribution in [2.24, 2.45) is 0 Å². The first-order valence-corrected chi connectivity index (χ1v) is 5.16. The summed E-state index contributed by atoms with van der Waals surface area (Å²) in [5.41, 5.74) is 0.682. The normalized spacial score (nSPS) is 10.0. The summed E-state index contributed by atoms with van der Waals surface area (Å²) in [5, 5.41) is 11.8. The summed E-state index contributed by atoms with van der Waals surface area (Å²) in [5.74, 6) is -0.440. The SMILES string of the molecule is CON(C)C(=O)c1cc([N+](=O)[O-])ccc1N(C)C. The molecule has 0 atom stereocenters. The predicted molar refractivity (Wildman–Crippen MR) is 66.5 cm³/mol. The number of carbonyl (C=O) groups is 1. The molecule has 7 nitrogen and oxygen atoms in total. The van der Waals surface area contributed by atoms with Gasteiger partial charge in [0, 0.05) is 39.0 Å². The zero-order valence-electron chi connectivity index (χ0n) is 10.7. The van der Waals surface area contributed by atoms with Gasteiger partial charge in [-0.3, -0.25) is 19.7 Å². The van der Waals surface area contributed by atoms with E-state index in [1.807, 2.05) is 0 Å². The van der Waals surface area contributed by atoms with Crippen LogP contribution in [0.5, 0.6) is 0 Å². The highest BCUT2D eigenvalue weighted by atomic mass is 16.7. The molecule has 0 N–H and O–H groups in total. The third-order valence-electron chi connectivity index (χ3n) is 2.46. The number of rotatable bonds is 4. The Labute approximate surface area is 105 Å². The van der Waals surface area contributed by atoms with Crippen LogP contribution in [0.4, 0.5) is 11.4 Å². The lowest BCUT2D eigenvalue weighted by atomic mass is 10.1. The number of hydroxylamine groups is 2. The van der Waals surface area contributed by atoms with Crippen LogP contribution in [0, 0.1) is 10.1 Å². The Kier molecular flexibility index (Phi) is 4.22. The Balaban J connectivity index is 3.32. The Morgan fingerprint density at radius 2 is 1.94 bits per heavy atom. The lowest BCUT2D eigenvalue weighted by Crippen LogP contribution is -2.27. The Bertz CT molecular complexity index is 473. The number of amides is 1. The van der Waals surface area contributed by atoms with Crippen LogP contribution in [0.3, 0.4) is 0 Å². The van der Waals surface area contributed by atoms with E-state index >= 15 is 0 Å². The topological polar surface area (TPSA) is 75.9 Å². The number of benzene rings is 1. The van der Waals surface area contributed by atoms with Crippen molar-refractivity contribution >= 4 is 17.3 Å². The van der Waals surface area contributed by atoms with Gasteiger partial charge in [-0.25, -0.2) is 5.06 Å². The smallest absolute Gasteiger partial charge is 0.279 e. The first-order valence-electron chi connectivity index (χ1n) is 5.16. The molecule has 0 aliphatic heterocycles. The number of anilines is 1. The number of hydrogen-bond donors (Lipinski definition) is 0. The molecule has 0 bridgehead atoms. The average molecular weight is 253 g/mol. The Hall–Kier alpha value is -2.15. The van der Waals surface area contributed by atoms with Gasteiger partial charge in [-0.15, -0.1) is 0 Å². The monoisotopic (exact) mass is 253 g/mol. The fourth-order valence-electron chi connectivity index (χ4n) is 1.45. The highest BCUT2D eigenvalue weighted by molar-refractivity contribution is 5.99. The molecule has 98 valence electrons. The molecule has 0 saturated carbocycles. The second-order valence-electron chi connectivity index (χ2n) is 3.84. The third-order valence-corrected chi connectivity index (χ3v) is 2.46. The minimum atomic E-state index is -0.539. The minimum Gasteiger partial charge on any atom is -0.377 e. The number of nitrogens with zero attached hydrogens (tertiary/aromatic N) is 3. The maximum absolute atomic E-state index is 12.0. The van der Waals surface area contributed by atoms with Gasteiger partial charge < -0.3 is 4.90 Å². The summed E-state index contributed by atoms with van der Waals surface area (Å²) in [6.07, 6.45) is 0. The molecule has 1 amide bonds. The molecule has 7 heteroatoms. The largest absolute Gasteiger partial charge is 0.377 e. The molecule has 0 spiro atoms. The summed E-state index contributed by atoms with van der Waals surface area (Å²) >= 11 is 0. The van der Waals surface area contributed by atoms with Gasteiger partial charge in [-0.2, -0.15) is 0 Å². The van der Waals surface area contributed by atoms with Gasteiger partial charge in [0.25, 0.3) is 11.6 Å². The van der Waals surface area contributed by atoms with Crippen LogP contribution >= 0.6 is 0 Å². The van der Waals surface area contributed by atoms with E-state index in [4.69, 9.17) is 4.84 Å². The standard InChI is InChI=1S/C11H15N3O4/c1-12(2)10-6-5-8(14(16)17)7-9(10)11(15)13(3)18-4/h5-7H,1-4H3. The van der Waals surface area contributed by atoms with Gasteiger partial charge in [-0.1, -0.05) is 0 Å². The Morgan fingerprint density at radius 1 is 1.33 bits per heavy atom. The van der Waals surface area contributed by atoms with Gasteiger partial charge >= 0.3 is 0 Å². The number of nitro groups is 1. The zero-order chi connectivity index (χ0) is 13.9. The molecule has 0 aliphatic carbocycles. The summed E-state index contributed by atoms with van der Waals surface area (Å²) < 4.78 is 0. The van der Waals surface area contributed by atoms with Crippen molar-refractivity contribution in [2.75, 3.05) is 33.2 Å². The Morgan fingerprint density at radius 3 is 2.39 bits per heavy atom. The molecule has 0 aliphatic rings. The summed E-state index contributed by atoms with van der Waals surface area (Å²) in [7, 11) is 6.31. The van der Waals surface area contributed by atoms with Crippen LogP contribution in [-0.4, -0.2) is 44.1 Å². The van der Waals surface area contributed by atoms with Crippen LogP contribution in [0.25, 0.3) is 0 Å². The van der Waals surface area contributed by atoms with Crippen LogP contribution in [0.1, 0.15) is 10.4 Å². The first kappa shape index (κ1) is 13.9. The van der Waals surface area contributed by atoms with Crippen molar-refractivity contribution in [3.8, 4) is 0 Å². The molecule has 0 unspecified atom stereocenters. The second-order valence-corrected chi connectivity index (χ2v) is 3.84. The van der Waals surface area contributed by atoms with Crippen molar-refractivity contribution in [3.63, 3.8) is 0 Å². The van der Waals surface area contributed by atoms with Gasteiger partial charge in [0.2, 0.25) is 0 Å². The first-order chi connectivity index (χ1) is 8.38. The predicted octanol–water partition coefficient (Wildman–Crippen LogP) is 1.29. The quantitative estimate of drug-likeness (QED) is 0.597. The van der Waals surface area contributed by atoms with Crippen molar-refractivity contribution in [3.05, 3.63) is 33.9 Å². The van der Waals surface area contributed by atoms with E-state index in [9.17, 15) is 14.9 Å². The molecule has 18 heavy (non-hydrogen) atoms. The highest BCUT2D eigenvalue weighted by Gasteiger charge is 2.20.